The molecule has 112 valence electrons. The van der Waals surface area contributed by atoms with Gasteiger partial charge in [-0.1, -0.05) is 42.1 Å². The highest BCUT2D eigenvalue weighted by Gasteiger charge is 2.34. The Morgan fingerprint density at radius 3 is 2.45 bits per heavy atom. The molecule has 2 rings (SSSR count). The van der Waals surface area contributed by atoms with Crippen LogP contribution in [0.5, 0.6) is 0 Å². The first-order valence-electron chi connectivity index (χ1n) is 6.91. The number of nitrogens with one attached hydrogen (secondary N) is 1. The van der Waals surface area contributed by atoms with Crippen molar-refractivity contribution in [1.82, 2.24) is 0 Å². The van der Waals surface area contributed by atoms with Gasteiger partial charge in [-0.3, -0.25) is 0 Å². The summed E-state index contributed by atoms with van der Waals surface area (Å²) in [7, 11) is 0. The minimum atomic E-state index is -4.33. The van der Waals surface area contributed by atoms with Crippen LogP contribution in [0.4, 0.5) is 18.9 Å². The Morgan fingerprint density at radius 1 is 1.20 bits per heavy atom. The Morgan fingerprint density at radius 2 is 1.85 bits per heavy atom. The van der Waals surface area contributed by atoms with E-state index in [9.17, 15) is 13.2 Å². The van der Waals surface area contributed by atoms with E-state index in [-0.39, 0.29) is 11.1 Å². The van der Waals surface area contributed by atoms with E-state index in [0.717, 1.165) is 18.9 Å². The minimum Gasteiger partial charge on any atom is -0.384 e. The summed E-state index contributed by atoms with van der Waals surface area (Å²) in [5.74, 6) is 0. The van der Waals surface area contributed by atoms with Crippen molar-refractivity contribution in [3.8, 4) is 0 Å². The van der Waals surface area contributed by atoms with Crippen molar-refractivity contribution >= 4 is 21.6 Å². The van der Waals surface area contributed by atoms with E-state index in [2.05, 4.69) is 28.2 Å². The summed E-state index contributed by atoms with van der Waals surface area (Å²) in [6.45, 7) is 2.75. The molecule has 1 fully saturated rings. The monoisotopic (exact) mass is 349 g/mol. The zero-order valence-corrected chi connectivity index (χ0v) is 13.1. The molecule has 0 aliphatic heterocycles. The molecule has 0 amide bonds. The first-order valence-corrected chi connectivity index (χ1v) is 7.70. The Balaban J connectivity index is 2.13. The topological polar surface area (TPSA) is 12.0 Å². The van der Waals surface area contributed by atoms with Gasteiger partial charge in [0.25, 0.3) is 0 Å². The number of hydrogen-bond donors (Lipinski definition) is 1. The van der Waals surface area contributed by atoms with Crippen LogP contribution in [0.2, 0.25) is 0 Å². The van der Waals surface area contributed by atoms with Crippen molar-refractivity contribution in [2.45, 2.75) is 45.2 Å². The fraction of sp³-hybridized carbons (Fsp3) is 0.600. The third-order valence-corrected chi connectivity index (χ3v) is 4.55. The van der Waals surface area contributed by atoms with Crippen LogP contribution in [-0.2, 0) is 6.18 Å². The predicted molar refractivity (Wildman–Crippen MR) is 78.8 cm³/mol. The number of benzene rings is 1. The zero-order chi connectivity index (χ0) is 14.8. The van der Waals surface area contributed by atoms with Crippen molar-refractivity contribution < 1.29 is 13.2 Å². The zero-order valence-electron chi connectivity index (χ0n) is 11.5. The van der Waals surface area contributed by atoms with Gasteiger partial charge in [-0.15, -0.1) is 0 Å². The summed E-state index contributed by atoms with van der Waals surface area (Å²) < 4.78 is 39.5. The molecule has 1 aromatic rings. The standard InChI is InChI=1S/C15H19BrF3N/c1-14(7-3-2-4-8-14)10-20-13-6-5-11(16)9-12(13)15(17,18)19/h5-6,9,20H,2-4,7-8,10H2,1H3. The Kier molecular flexibility index (Phi) is 4.67. The molecule has 1 nitrogen and oxygen atoms in total. The molecule has 0 unspecified atom stereocenters. The molecule has 20 heavy (non-hydrogen) atoms. The maximum absolute atomic E-state index is 13.0. The first-order chi connectivity index (χ1) is 9.30. The van der Waals surface area contributed by atoms with Gasteiger partial charge in [0.2, 0.25) is 0 Å². The number of rotatable bonds is 3. The second-order valence-corrected chi connectivity index (χ2v) is 6.83. The van der Waals surface area contributed by atoms with Crippen LogP contribution in [0.15, 0.2) is 22.7 Å². The van der Waals surface area contributed by atoms with Crippen molar-refractivity contribution in [2.24, 2.45) is 5.41 Å². The van der Waals surface area contributed by atoms with Gasteiger partial charge in [0.05, 0.1) is 5.56 Å². The molecule has 1 N–H and O–H groups in total. The Labute approximate surface area is 126 Å². The number of anilines is 1. The molecule has 0 spiro atoms. The molecule has 0 bridgehead atoms. The second-order valence-electron chi connectivity index (χ2n) is 5.91. The van der Waals surface area contributed by atoms with E-state index in [4.69, 9.17) is 0 Å². The van der Waals surface area contributed by atoms with E-state index < -0.39 is 11.7 Å². The summed E-state index contributed by atoms with van der Waals surface area (Å²) in [4.78, 5) is 0. The van der Waals surface area contributed by atoms with E-state index in [1.54, 1.807) is 6.07 Å². The number of alkyl halides is 3. The van der Waals surface area contributed by atoms with Crippen LogP contribution in [0.25, 0.3) is 0 Å². The van der Waals surface area contributed by atoms with Gasteiger partial charge in [-0.25, -0.2) is 0 Å². The van der Waals surface area contributed by atoms with Gasteiger partial charge in [0, 0.05) is 16.7 Å². The molecule has 0 atom stereocenters. The van der Waals surface area contributed by atoms with Crippen LogP contribution >= 0.6 is 15.9 Å². The fourth-order valence-corrected chi connectivity index (χ4v) is 3.16. The summed E-state index contributed by atoms with van der Waals surface area (Å²) in [6.07, 6.45) is 1.41. The van der Waals surface area contributed by atoms with Gasteiger partial charge >= 0.3 is 6.18 Å². The van der Waals surface area contributed by atoms with Crippen molar-refractivity contribution in [3.63, 3.8) is 0 Å². The molecule has 0 aromatic heterocycles. The van der Waals surface area contributed by atoms with Crippen LogP contribution in [0, 0.1) is 5.41 Å². The fourth-order valence-electron chi connectivity index (χ4n) is 2.80. The highest BCUT2D eigenvalue weighted by Crippen LogP contribution is 2.39. The molecular formula is C15H19BrF3N. The average molecular weight is 350 g/mol. The summed E-state index contributed by atoms with van der Waals surface area (Å²) in [6, 6.07) is 4.27. The molecule has 0 saturated heterocycles. The molecule has 1 saturated carbocycles. The Bertz CT molecular complexity index is 465. The lowest BCUT2D eigenvalue weighted by Gasteiger charge is -2.34. The normalized spacial score (nSPS) is 18.9. The molecule has 0 radical (unpaired) electrons. The van der Waals surface area contributed by atoms with Crippen LogP contribution in [0.1, 0.15) is 44.6 Å². The van der Waals surface area contributed by atoms with Crippen molar-refractivity contribution in [2.75, 3.05) is 11.9 Å². The maximum Gasteiger partial charge on any atom is 0.418 e. The van der Waals surface area contributed by atoms with E-state index in [0.29, 0.717) is 11.0 Å². The van der Waals surface area contributed by atoms with Gasteiger partial charge in [0.1, 0.15) is 0 Å². The van der Waals surface area contributed by atoms with Crippen molar-refractivity contribution in [3.05, 3.63) is 28.2 Å². The Hall–Kier alpha value is -0.710. The lowest BCUT2D eigenvalue weighted by Crippen LogP contribution is -2.29. The molecule has 1 aliphatic rings. The van der Waals surface area contributed by atoms with Gasteiger partial charge in [-0.2, -0.15) is 13.2 Å². The first kappa shape index (κ1) is 15.7. The summed E-state index contributed by atoms with van der Waals surface area (Å²) >= 11 is 3.10. The quantitative estimate of drug-likeness (QED) is 0.721. The molecule has 0 heterocycles. The average Bonchev–Trinajstić information content (AvgIpc) is 2.37. The predicted octanol–water partition coefficient (Wildman–Crippen LogP) is 5.85. The minimum absolute atomic E-state index is 0.105. The van der Waals surface area contributed by atoms with E-state index in [1.165, 1.54) is 25.3 Å². The SMILES string of the molecule is CC1(CNc2ccc(Br)cc2C(F)(F)F)CCCCC1. The largest absolute Gasteiger partial charge is 0.418 e. The van der Waals surface area contributed by atoms with Crippen LogP contribution in [0.3, 0.4) is 0 Å². The van der Waals surface area contributed by atoms with Crippen LogP contribution < -0.4 is 5.32 Å². The van der Waals surface area contributed by atoms with Gasteiger partial charge in [0.15, 0.2) is 0 Å². The molecule has 5 heteroatoms. The third kappa shape index (κ3) is 3.90. The smallest absolute Gasteiger partial charge is 0.384 e. The van der Waals surface area contributed by atoms with Gasteiger partial charge in [-0.05, 0) is 36.5 Å². The van der Waals surface area contributed by atoms with E-state index in [1.807, 2.05) is 0 Å². The highest BCUT2D eigenvalue weighted by molar-refractivity contribution is 9.10. The third-order valence-electron chi connectivity index (χ3n) is 4.05. The van der Waals surface area contributed by atoms with Crippen LogP contribution in [-0.4, -0.2) is 6.54 Å². The molecular weight excluding hydrogens is 331 g/mol. The highest BCUT2D eigenvalue weighted by atomic mass is 79.9. The second kappa shape index (κ2) is 5.96. The van der Waals surface area contributed by atoms with Crippen molar-refractivity contribution in [1.29, 1.82) is 0 Å². The summed E-state index contributed by atoms with van der Waals surface area (Å²) in [5, 5.41) is 3.02. The van der Waals surface area contributed by atoms with E-state index >= 15 is 0 Å². The lowest BCUT2D eigenvalue weighted by atomic mass is 9.75. The van der Waals surface area contributed by atoms with Gasteiger partial charge < -0.3 is 5.32 Å². The number of hydrogen-bond acceptors (Lipinski definition) is 1. The number of halogens is 4. The molecule has 1 aliphatic carbocycles. The molecule has 1 aromatic carbocycles. The lowest BCUT2D eigenvalue weighted by molar-refractivity contribution is -0.137. The maximum atomic E-state index is 13.0. The summed E-state index contributed by atoms with van der Waals surface area (Å²) in [5.41, 5.74) is -0.326.